The number of hydrogen-bond donors (Lipinski definition) is 3. The quantitative estimate of drug-likeness (QED) is 0.471. The molecule has 5 nitrogen and oxygen atoms in total. The van der Waals surface area contributed by atoms with Crippen LogP contribution in [0.2, 0.25) is 0 Å². The Hall–Kier alpha value is -2.70. The molecule has 0 fully saturated rings. The lowest BCUT2D eigenvalue weighted by Crippen LogP contribution is -2.14. The van der Waals surface area contributed by atoms with Crippen LogP contribution in [0.5, 0.6) is 0 Å². The van der Waals surface area contributed by atoms with Gasteiger partial charge in [0.25, 0.3) is 0 Å². The molecule has 2 aromatic carbocycles. The number of anilines is 2. The van der Waals surface area contributed by atoms with Crippen molar-refractivity contribution < 1.29 is 23.6 Å². The highest BCUT2D eigenvalue weighted by Gasteiger charge is 2.08. The number of rotatable bonds is 9. The Morgan fingerprint density at radius 3 is 2.69 bits per heavy atom. The van der Waals surface area contributed by atoms with E-state index in [4.69, 9.17) is 19.4 Å². The van der Waals surface area contributed by atoms with E-state index in [1.165, 1.54) is 42.5 Å². The van der Waals surface area contributed by atoms with Gasteiger partial charge < -0.3 is 16.2 Å². The molecule has 152 valence electrons. The highest BCUT2D eigenvalue weighted by atomic mass is 32.1. The van der Waals surface area contributed by atoms with Crippen molar-refractivity contribution in [2.45, 2.75) is 45.0 Å². The molecule has 3 rings (SSSR count). The molecular weight excluding hydrogens is 382 g/mol. The summed E-state index contributed by atoms with van der Waals surface area (Å²) in [5, 5.41) is 15.4. The molecule has 0 bridgehead atoms. The van der Waals surface area contributed by atoms with Crippen molar-refractivity contribution in [2.75, 3.05) is 11.1 Å². The molecule has 4 N–H and O–H groups in total. The molecule has 0 saturated carbocycles. The predicted molar refractivity (Wildman–Crippen MR) is 119 cm³/mol. The zero-order valence-electron chi connectivity index (χ0n) is 25.7. The van der Waals surface area contributed by atoms with Gasteiger partial charge in [-0.3, -0.25) is 4.79 Å². The van der Waals surface area contributed by atoms with Crippen LogP contribution >= 0.6 is 11.3 Å². The molecule has 1 aromatic heterocycles. The first-order valence-electron chi connectivity index (χ1n) is 13.7. The SMILES string of the molecule is [2H]c1c([2H])c([C@@H](O)C([2H])([2H])CC([2H])([2H])C([2H])([2H])c2ccc(NC(=O)Cc3csc(N)n3)cc2)c([2H])c([2H])c1C. The highest BCUT2D eigenvalue weighted by Crippen LogP contribution is 2.21. The maximum atomic E-state index is 12.2. The summed E-state index contributed by atoms with van der Waals surface area (Å²) in [7, 11) is 0. The van der Waals surface area contributed by atoms with Crippen LogP contribution in [0.1, 0.15) is 61.4 Å². The lowest BCUT2D eigenvalue weighted by Gasteiger charge is -2.11. The first-order valence-corrected chi connectivity index (χ1v) is 9.62. The minimum Gasteiger partial charge on any atom is -0.388 e. The summed E-state index contributed by atoms with van der Waals surface area (Å²) in [6.45, 7) is 1.35. The zero-order valence-corrected chi connectivity index (χ0v) is 16.5. The highest BCUT2D eigenvalue weighted by molar-refractivity contribution is 7.13. The number of nitrogens with one attached hydrogen (secondary N) is 1. The first-order chi connectivity index (χ1) is 17.9. The third kappa shape index (κ3) is 6.69. The zero-order chi connectivity index (χ0) is 29.5. The summed E-state index contributed by atoms with van der Waals surface area (Å²) in [6.07, 6.45) is -12.0. The van der Waals surface area contributed by atoms with E-state index in [0.717, 1.165) is 0 Å². The third-order valence-electron chi connectivity index (χ3n) is 3.74. The van der Waals surface area contributed by atoms with Gasteiger partial charge in [-0.1, -0.05) is 48.3 Å². The predicted octanol–water partition coefficient (Wildman–Crippen LogP) is 4.66. The standard InChI is InChI=1S/C23H27N3O2S/c1-16-6-10-18(11-7-16)21(27)5-3-2-4-17-8-12-19(13-9-17)25-22(28)14-20-15-29-23(24)26-20/h6-13,15,21,27H,2-5,14H2,1H3,(H2,24,26)(H,25,28)/t21-/m0/s1/i2D2,4D2,5D2,6D,7D,10D,11D. The van der Waals surface area contributed by atoms with Crippen molar-refractivity contribution in [1.29, 1.82) is 0 Å². The Kier molecular flexibility index (Phi) is 4.03. The number of aryl methyl sites for hydroxylation is 1. The van der Waals surface area contributed by atoms with Crippen LogP contribution in [0.4, 0.5) is 10.8 Å². The Labute approximate surface area is 189 Å². The molecule has 6 heteroatoms. The second kappa shape index (κ2) is 10.2. The second-order valence-corrected chi connectivity index (χ2v) is 6.99. The number of carbonyl (C=O) groups excluding carboxylic acids is 1. The van der Waals surface area contributed by atoms with Crippen molar-refractivity contribution in [1.82, 2.24) is 4.98 Å². The van der Waals surface area contributed by atoms with Gasteiger partial charge in [0.2, 0.25) is 5.91 Å². The van der Waals surface area contributed by atoms with Crippen LogP contribution in [0.15, 0.2) is 53.8 Å². The van der Waals surface area contributed by atoms with Gasteiger partial charge in [0.15, 0.2) is 5.13 Å². The molecule has 1 amide bonds. The summed E-state index contributed by atoms with van der Waals surface area (Å²) in [6, 6.07) is 3.04. The number of hydrogen-bond acceptors (Lipinski definition) is 5. The number of aromatic nitrogens is 1. The fourth-order valence-corrected chi connectivity index (χ4v) is 2.89. The van der Waals surface area contributed by atoms with Crippen LogP contribution in [-0.4, -0.2) is 16.0 Å². The lowest BCUT2D eigenvalue weighted by atomic mass is 10.0. The van der Waals surface area contributed by atoms with Crippen LogP contribution in [-0.2, 0) is 17.6 Å². The summed E-state index contributed by atoms with van der Waals surface area (Å²) < 4.78 is 82.3. The van der Waals surface area contributed by atoms with Crippen molar-refractivity contribution in [3.63, 3.8) is 0 Å². The number of aliphatic hydroxyl groups is 1. The molecule has 3 aromatic rings. The van der Waals surface area contributed by atoms with E-state index in [1.807, 2.05) is 0 Å². The van der Waals surface area contributed by atoms with Crippen LogP contribution in [0.3, 0.4) is 0 Å². The molecule has 0 unspecified atom stereocenters. The van der Waals surface area contributed by atoms with E-state index >= 15 is 0 Å². The summed E-state index contributed by atoms with van der Waals surface area (Å²) in [5.41, 5.74) is 5.60. The minimum atomic E-state index is -2.89. The molecule has 0 aliphatic carbocycles. The summed E-state index contributed by atoms with van der Waals surface area (Å²) in [5.74, 6) is -0.390. The van der Waals surface area contributed by atoms with E-state index < -0.39 is 61.4 Å². The number of amides is 1. The molecular formula is C23H27N3O2S. The Bertz CT molecular complexity index is 1350. The van der Waals surface area contributed by atoms with E-state index in [2.05, 4.69) is 10.3 Å². The summed E-state index contributed by atoms with van der Waals surface area (Å²) >= 11 is 1.20. The molecule has 1 atom stereocenters. The number of nitrogens with zero attached hydrogens (tertiary/aromatic N) is 1. The molecule has 0 saturated heterocycles. The average Bonchev–Trinajstić information content (AvgIpc) is 3.25. The van der Waals surface area contributed by atoms with E-state index in [1.54, 1.807) is 5.38 Å². The van der Waals surface area contributed by atoms with Gasteiger partial charge >= 0.3 is 0 Å². The fraction of sp³-hybridized carbons (Fsp3) is 0.304. The molecule has 1 heterocycles. The number of nitrogens with two attached hydrogens (primary N) is 1. The van der Waals surface area contributed by atoms with Crippen molar-refractivity contribution in [3.05, 3.63) is 76.2 Å². The molecule has 0 radical (unpaired) electrons. The van der Waals surface area contributed by atoms with Gasteiger partial charge in [-0.25, -0.2) is 4.98 Å². The van der Waals surface area contributed by atoms with Gasteiger partial charge in [-0.2, -0.15) is 0 Å². The Morgan fingerprint density at radius 1 is 1.31 bits per heavy atom. The normalized spacial score (nSPS) is 18.4. The average molecular weight is 420 g/mol. The van der Waals surface area contributed by atoms with E-state index in [0.29, 0.717) is 16.5 Å². The molecule has 0 aliphatic heterocycles. The Balaban J connectivity index is 1.79. The fourth-order valence-electron chi connectivity index (χ4n) is 2.33. The smallest absolute Gasteiger partial charge is 0.230 e. The van der Waals surface area contributed by atoms with E-state index in [-0.39, 0.29) is 23.5 Å². The van der Waals surface area contributed by atoms with Gasteiger partial charge in [-0.05, 0) is 49.3 Å². The van der Waals surface area contributed by atoms with Gasteiger partial charge in [0.1, 0.15) is 0 Å². The third-order valence-corrected chi connectivity index (χ3v) is 4.46. The van der Waals surface area contributed by atoms with Crippen molar-refractivity contribution >= 4 is 28.1 Å². The maximum absolute atomic E-state index is 12.2. The number of benzene rings is 2. The van der Waals surface area contributed by atoms with Crippen LogP contribution in [0.25, 0.3) is 0 Å². The number of aliphatic hydroxyl groups excluding tert-OH is 1. The lowest BCUT2D eigenvalue weighted by molar-refractivity contribution is -0.115. The number of carbonyl (C=O) groups is 1. The molecule has 0 aliphatic rings. The largest absolute Gasteiger partial charge is 0.388 e. The number of thiazole rings is 1. The van der Waals surface area contributed by atoms with Crippen molar-refractivity contribution in [2.24, 2.45) is 0 Å². The van der Waals surface area contributed by atoms with Gasteiger partial charge in [-0.15, -0.1) is 11.3 Å². The number of nitrogen functional groups attached to an aromatic ring is 1. The summed E-state index contributed by atoms with van der Waals surface area (Å²) in [4.78, 5) is 16.2. The van der Waals surface area contributed by atoms with Crippen molar-refractivity contribution in [3.8, 4) is 0 Å². The van der Waals surface area contributed by atoms with Crippen LogP contribution < -0.4 is 11.1 Å². The molecule has 29 heavy (non-hydrogen) atoms. The minimum absolute atomic E-state index is 0.0145. The van der Waals surface area contributed by atoms with Gasteiger partial charge in [0, 0.05) is 19.3 Å². The Morgan fingerprint density at radius 2 is 2.03 bits per heavy atom. The monoisotopic (exact) mass is 419 g/mol. The maximum Gasteiger partial charge on any atom is 0.230 e. The van der Waals surface area contributed by atoms with E-state index in [9.17, 15) is 9.90 Å². The topological polar surface area (TPSA) is 88.2 Å². The molecule has 0 spiro atoms. The second-order valence-electron chi connectivity index (χ2n) is 6.10. The first kappa shape index (κ1) is 11.5. The van der Waals surface area contributed by atoms with Crippen LogP contribution in [0, 0.1) is 6.92 Å². The van der Waals surface area contributed by atoms with Gasteiger partial charge in [0.05, 0.1) is 23.7 Å².